The normalized spacial score (nSPS) is 18.8. The van der Waals surface area contributed by atoms with Crippen LogP contribution in [-0.4, -0.2) is 17.9 Å². The first-order valence-corrected chi connectivity index (χ1v) is 10.2. The number of phenolic OH excluding ortho intramolecular Hbond substituents is 1. The lowest BCUT2D eigenvalue weighted by Gasteiger charge is -2.31. The van der Waals surface area contributed by atoms with E-state index in [2.05, 4.69) is 5.32 Å². The molecule has 0 aliphatic carbocycles. The molecule has 3 aromatic rings. The Morgan fingerprint density at radius 2 is 1.72 bits per heavy atom. The number of hydrogen-bond donors (Lipinski definition) is 2. The molecule has 1 aliphatic rings. The van der Waals surface area contributed by atoms with E-state index in [1.165, 1.54) is 18.2 Å². The number of methoxy groups -OCH3 is 1. The summed E-state index contributed by atoms with van der Waals surface area (Å²) in [6.45, 7) is 0. The zero-order valence-corrected chi connectivity index (χ0v) is 17.8. The maximum atomic E-state index is 13.0. The Labute approximate surface area is 188 Å². The molecule has 1 heterocycles. The van der Waals surface area contributed by atoms with Gasteiger partial charge in [-0.25, -0.2) is 0 Å². The highest BCUT2D eigenvalue weighted by Crippen LogP contribution is 2.37. The average Bonchev–Trinajstić information content (AvgIpc) is 2.80. The SMILES string of the molecule is COc1ccc(C2=N[C@@H](c3ccc(C(F)(F)F)cc3)N[C@@H](c3cc(Cl)ccc3O)C2)cc1. The number of rotatable bonds is 4. The van der Waals surface area contributed by atoms with Gasteiger partial charge in [0.2, 0.25) is 0 Å². The molecule has 4 rings (SSSR count). The van der Waals surface area contributed by atoms with Crippen LogP contribution < -0.4 is 10.1 Å². The summed E-state index contributed by atoms with van der Waals surface area (Å²) in [5.41, 5.74) is 2.06. The number of aromatic hydroxyl groups is 1. The highest BCUT2D eigenvalue weighted by molar-refractivity contribution is 6.30. The lowest BCUT2D eigenvalue weighted by atomic mass is 9.93. The van der Waals surface area contributed by atoms with Gasteiger partial charge in [-0.3, -0.25) is 10.3 Å². The Morgan fingerprint density at radius 1 is 1.03 bits per heavy atom. The zero-order valence-electron chi connectivity index (χ0n) is 17.0. The van der Waals surface area contributed by atoms with Gasteiger partial charge >= 0.3 is 6.18 Å². The molecule has 0 saturated heterocycles. The van der Waals surface area contributed by atoms with Gasteiger partial charge in [0, 0.05) is 28.8 Å². The molecule has 3 aromatic carbocycles. The van der Waals surface area contributed by atoms with E-state index in [9.17, 15) is 18.3 Å². The standard InChI is InChI=1S/C24H20ClF3N2O2/c1-32-18-9-4-14(5-10-18)20-13-21(19-12-17(25)8-11-22(19)31)30-23(29-20)15-2-6-16(7-3-15)24(26,27)28/h2-12,21,23,30-31H,13H2,1H3/t21-,23-/m1/s1. The molecule has 0 bridgehead atoms. The number of nitrogens with one attached hydrogen (secondary N) is 1. The van der Waals surface area contributed by atoms with Crippen LogP contribution in [0.15, 0.2) is 71.7 Å². The Kier molecular flexibility index (Phi) is 6.13. The highest BCUT2D eigenvalue weighted by atomic mass is 35.5. The number of ether oxygens (including phenoxy) is 1. The molecule has 0 fully saturated rings. The number of hydrogen-bond acceptors (Lipinski definition) is 4. The van der Waals surface area contributed by atoms with Gasteiger partial charge in [-0.1, -0.05) is 23.7 Å². The van der Waals surface area contributed by atoms with E-state index in [4.69, 9.17) is 21.3 Å². The molecule has 0 amide bonds. The monoisotopic (exact) mass is 460 g/mol. The third-order valence-corrected chi connectivity index (χ3v) is 5.62. The van der Waals surface area contributed by atoms with Gasteiger partial charge in [-0.15, -0.1) is 0 Å². The predicted molar refractivity (Wildman–Crippen MR) is 117 cm³/mol. The van der Waals surface area contributed by atoms with Crippen molar-refractivity contribution in [3.05, 3.63) is 94.0 Å². The van der Waals surface area contributed by atoms with E-state index in [1.807, 2.05) is 24.3 Å². The molecule has 4 nitrogen and oxygen atoms in total. The second-order valence-corrected chi connectivity index (χ2v) is 7.89. The molecule has 0 unspecified atom stereocenters. The van der Waals surface area contributed by atoms with Gasteiger partial charge in [0.05, 0.1) is 12.7 Å². The van der Waals surface area contributed by atoms with Crippen LogP contribution >= 0.6 is 11.6 Å². The van der Waals surface area contributed by atoms with Gasteiger partial charge in [-0.05, 0) is 65.7 Å². The molecule has 0 spiro atoms. The molecular weight excluding hydrogens is 441 g/mol. The quantitative estimate of drug-likeness (QED) is 0.480. The van der Waals surface area contributed by atoms with Crippen molar-refractivity contribution in [1.29, 1.82) is 0 Å². The van der Waals surface area contributed by atoms with Gasteiger partial charge < -0.3 is 9.84 Å². The van der Waals surface area contributed by atoms with Crippen molar-refractivity contribution in [3.63, 3.8) is 0 Å². The summed E-state index contributed by atoms with van der Waals surface area (Å²) >= 11 is 6.15. The summed E-state index contributed by atoms with van der Waals surface area (Å²) in [5, 5.41) is 14.2. The third-order valence-electron chi connectivity index (χ3n) is 5.38. The third kappa shape index (κ3) is 4.74. The van der Waals surface area contributed by atoms with Crippen LogP contribution in [0.2, 0.25) is 5.02 Å². The van der Waals surface area contributed by atoms with Gasteiger partial charge in [-0.2, -0.15) is 13.2 Å². The van der Waals surface area contributed by atoms with Crippen molar-refractivity contribution in [2.75, 3.05) is 7.11 Å². The van der Waals surface area contributed by atoms with Crippen molar-refractivity contribution in [2.45, 2.75) is 24.8 Å². The molecule has 32 heavy (non-hydrogen) atoms. The van der Waals surface area contributed by atoms with Gasteiger partial charge in [0.25, 0.3) is 0 Å². The molecule has 0 aromatic heterocycles. The van der Waals surface area contributed by atoms with Gasteiger partial charge in [0.1, 0.15) is 17.7 Å². The van der Waals surface area contributed by atoms with Gasteiger partial charge in [0.15, 0.2) is 0 Å². The van der Waals surface area contributed by atoms with Crippen LogP contribution in [0.4, 0.5) is 13.2 Å². The molecule has 8 heteroatoms. The summed E-state index contributed by atoms with van der Waals surface area (Å²) in [7, 11) is 1.58. The zero-order chi connectivity index (χ0) is 22.9. The van der Waals surface area contributed by atoms with Crippen LogP contribution in [0.5, 0.6) is 11.5 Å². The van der Waals surface area contributed by atoms with Crippen molar-refractivity contribution in [1.82, 2.24) is 5.32 Å². The topological polar surface area (TPSA) is 53.8 Å². The van der Waals surface area contributed by atoms with Crippen molar-refractivity contribution in [2.24, 2.45) is 4.99 Å². The van der Waals surface area contributed by atoms with E-state index in [0.717, 1.165) is 23.4 Å². The lowest BCUT2D eigenvalue weighted by molar-refractivity contribution is -0.137. The summed E-state index contributed by atoms with van der Waals surface area (Å²) in [4.78, 5) is 4.77. The number of halogens is 4. The fourth-order valence-corrected chi connectivity index (χ4v) is 3.87. The lowest BCUT2D eigenvalue weighted by Crippen LogP contribution is -2.33. The minimum Gasteiger partial charge on any atom is -0.508 e. The smallest absolute Gasteiger partial charge is 0.416 e. The fourth-order valence-electron chi connectivity index (χ4n) is 3.69. The first-order valence-electron chi connectivity index (χ1n) is 9.87. The molecule has 1 aliphatic heterocycles. The van der Waals surface area contributed by atoms with Crippen molar-refractivity contribution in [3.8, 4) is 11.5 Å². The van der Waals surface area contributed by atoms with Crippen LogP contribution in [0, 0.1) is 0 Å². The highest BCUT2D eigenvalue weighted by Gasteiger charge is 2.31. The summed E-state index contributed by atoms with van der Waals surface area (Å²) in [6.07, 6.45) is -4.56. The molecule has 2 N–H and O–H groups in total. The number of alkyl halides is 3. The number of benzene rings is 3. The van der Waals surface area contributed by atoms with Crippen LogP contribution in [0.3, 0.4) is 0 Å². The molecule has 166 valence electrons. The van der Waals surface area contributed by atoms with Crippen molar-refractivity contribution < 1.29 is 23.0 Å². The largest absolute Gasteiger partial charge is 0.508 e. The molecule has 0 saturated carbocycles. The molecular formula is C24H20ClF3N2O2. The predicted octanol–water partition coefficient (Wildman–Crippen LogP) is 6.30. The number of nitrogens with zero attached hydrogens (tertiary/aromatic N) is 1. The van der Waals surface area contributed by atoms with Crippen LogP contribution in [0.1, 0.15) is 40.9 Å². The van der Waals surface area contributed by atoms with E-state index < -0.39 is 17.9 Å². The Bertz CT molecular complexity index is 1130. The number of phenols is 1. The second kappa shape index (κ2) is 8.84. The average molecular weight is 461 g/mol. The minimum absolute atomic E-state index is 0.0778. The van der Waals surface area contributed by atoms with E-state index in [1.54, 1.807) is 19.2 Å². The Morgan fingerprint density at radius 3 is 2.34 bits per heavy atom. The van der Waals surface area contributed by atoms with Crippen LogP contribution in [0.25, 0.3) is 0 Å². The van der Waals surface area contributed by atoms with E-state index >= 15 is 0 Å². The maximum Gasteiger partial charge on any atom is 0.416 e. The van der Waals surface area contributed by atoms with Crippen LogP contribution in [-0.2, 0) is 6.18 Å². The maximum absolute atomic E-state index is 13.0. The second-order valence-electron chi connectivity index (χ2n) is 7.45. The summed E-state index contributed by atoms with van der Waals surface area (Å²) in [6, 6.07) is 16.7. The Hall–Kier alpha value is -3.03. The number of aliphatic imine (C=N–C) groups is 1. The van der Waals surface area contributed by atoms with Crippen molar-refractivity contribution >= 4 is 17.3 Å². The Balaban J connectivity index is 1.73. The first-order chi connectivity index (χ1) is 15.2. The van der Waals surface area contributed by atoms with E-state index in [-0.39, 0.29) is 11.8 Å². The van der Waals surface area contributed by atoms with E-state index in [0.29, 0.717) is 28.3 Å². The first kappa shape index (κ1) is 22.2. The fraction of sp³-hybridized carbons (Fsp3) is 0.208. The summed E-state index contributed by atoms with van der Waals surface area (Å²) < 4.78 is 44.2. The molecule has 0 radical (unpaired) electrons. The molecule has 2 atom stereocenters. The minimum atomic E-state index is -4.41. The summed E-state index contributed by atoms with van der Waals surface area (Å²) in [5.74, 6) is 0.778.